The fraction of sp³-hybridized carbons (Fsp3) is 0.0769. The fourth-order valence-corrected chi connectivity index (χ4v) is 2.26. The lowest BCUT2D eigenvalue weighted by molar-refractivity contribution is -0.664. The molecule has 0 radical (unpaired) electrons. The Morgan fingerprint density at radius 3 is 2.43 bits per heavy atom. The van der Waals surface area contributed by atoms with Gasteiger partial charge in [0.25, 0.3) is 5.69 Å². The molecule has 10 heteroatoms. The van der Waals surface area contributed by atoms with Crippen LogP contribution in [-0.4, -0.2) is 19.7 Å². The Kier molecular flexibility index (Phi) is 3.14. The molecule has 0 amide bonds. The van der Waals surface area contributed by atoms with Crippen molar-refractivity contribution in [2.45, 2.75) is 6.92 Å². The molecule has 0 aliphatic carbocycles. The standard InChI is InChI=1S/C13H9N5O5/c1-8-4-2-3-5-10(8)15-14-13-11(16(15)19)6-9(17(20)21)7-12(13)18(22)23/h2-7H,1H3. The summed E-state index contributed by atoms with van der Waals surface area (Å²) < 4.78 is 0. The van der Waals surface area contributed by atoms with Crippen molar-refractivity contribution < 1.29 is 14.7 Å². The van der Waals surface area contributed by atoms with Gasteiger partial charge in [-0.05, 0) is 23.4 Å². The van der Waals surface area contributed by atoms with Gasteiger partial charge >= 0.3 is 11.2 Å². The molecule has 2 aromatic carbocycles. The van der Waals surface area contributed by atoms with Crippen molar-refractivity contribution in [3.8, 4) is 5.69 Å². The SMILES string of the molecule is Cc1ccccc1-n1nc2c([N+](=O)[O-])cc([N+](=O)[O-])cc2[n+]1[O-]. The Bertz CT molecular complexity index is 965. The molecular formula is C13H9N5O5. The van der Waals surface area contributed by atoms with Gasteiger partial charge in [-0.3, -0.25) is 20.2 Å². The summed E-state index contributed by atoms with van der Waals surface area (Å²) >= 11 is 0. The number of hydrogen-bond acceptors (Lipinski definition) is 6. The van der Waals surface area contributed by atoms with Crippen molar-refractivity contribution in [2.75, 3.05) is 0 Å². The van der Waals surface area contributed by atoms with E-state index < -0.39 is 21.2 Å². The van der Waals surface area contributed by atoms with Crippen LogP contribution in [0.25, 0.3) is 16.7 Å². The van der Waals surface area contributed by atoms with Gasteiger partial charge in [-0.25, -0.2) is 0 Å². The van der Waals surface area contributed by atoms with Crippen LogP contribution >= 0.6 is 0 Å². The minimum absolute atomic E-state index is 0.209. The summed E-state index contributed by atoms with van der Waals surface area (Å²) in [6.45, 7) is 1.75. The molecule has 0 atom stereocenters. The normalized spacial score (nSPS) is 10.8. The Hall–Kier alpha value is -3.56. The smallest absolute Gasteiger partial charge is 0.334 e. The predicted molar refractivity (Wildman–Crippen MR) is 78.1 cm³/mol. The first kappa shape index (κ1) is 14.4. The lowest BCUT2D eigenvalue weighted by atomic mass is 10.2. The number of para-hydroxylation sites is 1. The number of benzene rings is 2. The third-order valence-electron chi connectivity index (χ3n) is 3.37. The van der Waals surface area contributed by atoms with E-state index >= 15 is 0 Å². The quantitative estimate of drug-likeness (QED) is 0.313. The third kappa shape index (κ3) is 2.21. The molecule has 3 aromatic rings. The molecule has 0 aliphatic rings. The highest BCUT2D eigenvalue weighted by Crippen LogP contribution is 2.28. The number of fused-ring (bicyclic) bond motifs is 1. The van der Waals surface area contributed by atoms with Crippen LogP contribution in [0.3, 0.4) is 0 Å². The molecule has 23 heavy (non-hydrogen) atoms. The van der Waals surface area contributed by atoms with Gasteiger partial charge < -0.3 is 5.21 Å². The number of hydrogen-bond donors (Lipinski definition) is 0. The van der Waals surface area contributed by atoms with Gasteiger partial charge in [0.2, 0.25) is 5.52 Å². The molecule has 3 rings (SSSR count). The lowest BCUT2D eigenvalue weighted by Gasteiger charge is -2.05. The topological polar surface area (TPSA) is 131 Å². The van der Waals surface area contributed by atoms with E-state index in [1.165, 1.54) is 0 Å². The molecule has 10 nitrogen and oxygen atoms in total. The second-order valence-corrected chi connectivity index (χ2v) is 4.80. The maximum absolute atomic E-state index is 12.4. The first-order valence-electron chi connectivity index (χ1n) is 6.41. The van der Waals surface area contributed by atoms with E-state index in [0.717, 1.165) is 22.5 Å². The Morgan fingerprint density at radius 1 is 1.13 bits per heavy atom. The van der Waals surface area contributed by atoms with E-state index in [4.69, 9.17) is 0 Å². The second-order valence-electron chi connectivity index (χ2n) is 4.80. The van der Waals surface area contributed by atoms with Crippen molar-refractivity contribution in [1.82, 2.24) is 9.90 Å². The number of aryl methyl sites for hydroxylation is 1. The molecule has 116 valence electrons. The monoisotopic (exact) mass is 315 g/mol. The maximum Gasteiger partial charge on any atom is 0.334 e. The van der Waals surface area contributed by atoms with E-state index in [2.05, 4.69) is 5.10 Å². The summed E-state index contributed by atoms with van der Waals surface area (Å²) in [4.78, 5) is 21.7. The van der Waals surface area contributed by atoms with E-state index in [0.29, 0.717) is 10.5 Å². The minimum atomic E-state index is -0.801. The molecule has 0 saturated heterocycles. The van der Waals surface area contributed by atoms with E-state index in [9.17, 15) is 25.4 Å². The number of non-ortho nitro benzene ring substituents is 2. The second kappa shape index (κ2) is 5.02. The molecule has 0 spiro atoms. The largest absolute Gasteiger partial charge is 0.692 e. The van der Waals surface area contributed by atoms with Crippen LogP contribution in [0.15, 0.2) is 36.4 Å². The molecule has 0 N–H and O–H groups in total. The number of nitro benzene ring substituents is 2. The summed E-state index contributed by atoms with van der Waals surface area (Å²) in [5.41, 5.74) is -0.435. The van der Waals surface area contributed by atoms with Crippen LogP contribution in [0.1, 0.15) is 5.56 Å². The average molecular weight is 315 g/mol. The molecule has 0 unspecified atom stereocenters. The molecule has 0 saturated carbocycles. The van der Waals surface area contributed by atoms with Crippen LogP contribution in [-0.2, 0) is 0 Å². The van der Waals surface area contributed by atoms with Gasteiger partial charge in [0.15, 0.2) is 0 Å². The van der Waals surface area contributed by atoms with Crippen LogP contribution in [0, 0.1) is 32.4 Å². The summed E-state index contributed by atoms with van der Waals surface area (Å²) in [5.74, 6) is 0. The number of nitrogens with zero attached hydrogens (tertiary/aromatic N) is 5. The van der Waals surface area contributed by atoms with Gasteiger partial charge in [-0.1, -0.05) is 18.2 Å². The first-order chi connectivity index (χ1) is 10.9. The van der Waals surface area contributed by atoms with Crippen molar-refractivity contribution >= 4 is 22.4 Å². The third-order valence-corrected chi connectivity index (χ3v) is 3.37. The van der Waals surface area contributed by atoms with Gasteiger partial charge in [-0.15, -0.1) is 4.85 Å². The first-order valence-corrected chi connectivity index (χ1v) is 6.41. The highest BCUT2D eigenvalue weighted by Gasteiger charge is 2.30. The Balaban J connectivity index is 2.38. The summed E-state index contributed by atoms with van der Waals surface area (Å²) in [7, 11) is 0. The van der Waals surface area contributed by atoms with Crippen molar-refractivity contribution in [3.63, 3.8) is 0 Å². The molecule has 0 bridgehead atoms. The fourth-order valence-electron chi connectivity index (χ4n) is 2.26. The van der Waals surface area contributed by atoms with Crippen LogP contribution in [0.2, 0.25) is 0 Å². The summed E-state index contributed by atoms with van der Waals surface area (Å²) in [6, 6.07) is 8.58. The molecule has 0 aliphatic heterocycles. The number of aromatic nitrogens is 3. The van der Waals surface area contributed by atoms with Gasteiger partial charge in [-0.2, -0.15) is 0 Å². The number of rotatable bonds is 3. The van der Waals surface area contributed by atoms with E-state index in [1.54, 1.807) is 31.2 Å². The lowest BCUT2D eigenvalue weighted by Crippen LogP contribution is -2.37. The average Bonchev–Trinajstić information content (AvgIpc) is 2.84. The molecular weight excluding hydrogens is 306 g/mol. The van der Waals surface area contributed by atoms with Gasteiger partial charge in [0, 0.05) is 0 Å². The van der Waals surface area contributed by atoms with Gasteiger partial charge in [0.1, 0.15) is 5.69 Å². The number of nitro groups is 2. The Labute approximate surface area is 128 Å². The molecule has 0 fully saturated rings. The van der Waals surface area contributed by atoms with E-state index in [-0.39, 0.29) is 11.0 Å². The zero-order chi connectivity index (χ0) is 16.7. The van der Waals surface area contributed by atoms with Crippen molar-refractivity contribution in [3.05, 3.63) is 67.4 Å². The zero-order valence-electron chi connectivity index (χ0n) is 11.7. The molecule has 1 aromatic heterocycles. The van der Waals surface area contributed by atoms with Crippen LogP contribution in [0.4, 0.5) is 11.4 Å². The summed E-state index contributed by atoms with van der Waals surface area (Å²) in [5, 5.41) is 38.4. The maximum atomic E-state index is 12.4. The minimum Gasteiger partial charge on any atom is -0.692 e. The van der Waals surface area contributed by atoms with Crippen molar-refractivity contribution in [1.29, 1.82) is 0 Å². The van der Waals surface area contributed by atoms with Crippen LogP contribution in [0.5, 0.6) is 0 Å². The zero-order valence-corrected chi connectivity index (χ0v) is 11.7. The van der Waals surface area contributed by atoms with Crippen LogP contribution < -0.4 is 4.85 Å². The highest BCUT2D eigenvalue weighted by molar-refractivity contribution is 5.84. The van der Waals surface area contributed by atoms with E-state index in [1.807, 2.05) is 0 Å². The van der Waals surface area contributed by atoms with Gasteiger partial charge in [0.05, 0.1) is 27.1 Å². The molecule has 1 heterocycles. The predicted octanol–water partition coefficient (Wildman–Crippen LogP) is 1.78. The Morgan fingerprint density at radius 2 is 1.83 bits per heavy atom. The van der Waals surface area contributed by atoms with Crippen molar-refractivity contribution in [2.24, 2.45) is 0 Å². The highest BCUT2D eigenvalue weighted by atomic mass is 16.6. The summed E-state index contributed by atoms with van der Waals surface area (Å²) in [6.07, 6.45) is 0.